The summed E-state index contributed by atoms with van der Waals surface area (Å²) in [5, 5.41) is 16.8. The lowest BCUT2D eigenvalue weighted by atomic mass is 10.2. The molecule has 1 N–H and O–H groups in total. The molecule has 2 aromatic heterocycles. The Morgan fingerprint density at radius 2 is 2.32 bits per heavy atom. The molecule has 0 bridgehead atoms. The Hall–Kier alpha value is -2.22. The molecule has 2 rings (SSSR count). The van der Waals surface area contributed by atoms with Gasteiger partial charge in [-0.3, -0.25) is 0 Å². The number of carboxylic acid groups (broad SMARTS) is 1. The Balaban J connectivity index is 2.40. The van der Waals surface area contributed by atoms with Gasteiger partial charge in [0.1, 0.15) is 5.69 Å². The maximum Gasteiger partial charge on any atom is 0.358 e. The fourth-order valence-electron chi connectivity index (χ4n) is 1.81. The van der Waals surface area contributed by atoms with Gasteiger partial charge < -0.3 is 14.4 Å². The SMILES string of the molecule is COCCCn1nnc(C(=O)O)c1-c1cncn1C. The Labute approximate surface area is 109 Å². The molecule has 0 spiro atoms. The van der Waals surface area contributed by atoms with Crippen molar-refractivity contribution in [3.05, 3.63) is 18.2 Å². The highest BCUT2D eigenvalue weighted by Gasteiger charge is 2.22. The first-order valence-electron chi connectivity index (χ1n) is 5.77. The first-order valence-corrected chi connectivity index (χ1v) is 5.77. The maximum absolute atomic E-state index is 11.2. The van der Waals surface area contributed by atoms with Crippen molar-refractivity contribution in [2.75, 3.05) is 13.7 Å². The molecule has 0 radical (unpaired) electrons. The lowest BCUT2D eigenvalue weighted by Gasteiger charge is -2.07. The fraction of sp³-hybridized carbons (Fsp3) is 0.455. The van der Waals surface area contributed by atoms with E-state index in [0.29, 0.717) is 24.5 Å². The number of imidazole rings is 1. The minimum atomic E-state index is -1.10. The van der Waals surface area contributed by atoms with Gasteiger partial charge >= 0.3 is 5.97 Å². The van der Waals surface area contributed by atoms with Gasteiger partial charge in [-0.05, 0) is 6.42 Å². The first-order chi connectivity index (χ1) is 9.15. The third-order valence-electron chi connectivity index (χ3n) is 2.72. The first kappa shape index (κ1) is 13.2. The van der Waals surface area contributed by atoms with Crippen molar-refractivity contribution >= 4 is 5.97 Å². The fourth-order valence-corrected chi connectivity index (χ4v) is 1.81. The number of carbonyl (C=O) groups is 1. The van der Waals surface area contributed by atoms with Gasteiger partial charge in [0.2, 0.25) is 0 Å². The number of carboxylic acids is 1. The van der Waals surface area contributed by atoms with E-state index in [1.807, 2.05) is 0 Å². The van der Waals surface area contributed by atoms with Gasteiger partial charge in [-0.25, -0.2) is 14.5 Å². The van der Waals surface area contributed by atoms with Gasteiger partial charge in [0.05, 0.1) is 18.2 Å². The molecule has 0 amide bonds. The highest BCUT2D eigenvalue weighted by atomic mass is 16.5. The number of aryl methyl sites for hydroxylation is 2. The summed E-state index contributed by atoms with van der Waals surface area (Å²) in [4.78, 5) is 15.2. The lowest BCUT2D eigenvalue weighted by molar-refractivity contribution is 0.0691. The van der Waals surface area contributed by atoms with Crippen LogP contribution < -0.4 is 0 Å². The molecule has 0 aliphatic rings. The zero-order valence-corrected chi connectivity index (χ0v) is 10.8. The average Bonchev–Trinajstić information content (AvgIpc) is 2.95. The molecule has 0 saturated carbocycles. The summed E-state index contributed by atoms with van der Waals surface area (Å²) in [6, 6.07) is 0. The predicted molar refractivity (Wildman–Crippen MR) is 65.7 cm³/mol. The molecule has 102 valence electrons. The van der Waals surface area contributed by atoms with Crippen LogP contribution in [0.1, 0.15) is 16.9 Å². The summed E-state index contributed by atoms with van der Waals surface area (Å²) in [5.74, 6) is -1.10. The molecule has 0 atom stereocenters. The van der Waals surface area contributed by atoms with Crippen LogP contribution in [0.5, 0.6) is 0 Å². The van der Waals surface area contributed by atoms with Crippen LogP contribution in [-0.4, -0.2) is 49.3 Å². The maximum atomic E-state index is 11.2. The van der Waals surface area contributed by atoms with Crippen molar-refractivity contribution < 1.29 is 14.6 Å². The highest BCUT2D eigenvalue weighted by molar-refractivity contribution is 5.92. The predicted octanol–water partition coefficient (Wildman–Crippen LogP) is 0.413. The van der Waals surface area contributed by atoms with E-state index in [-0.39, 0.29) is 5.69 Å². The molecular weight excluding hydrogens is 250 g/mol. The average molecular weight is 265 g/mol. The van der Waals surface area contributed by atoms with Crippen molar-refractivity contribution in [1.29, 1.82) is 0 Å². The number of hydrogen-bond donors (Lipinski definition) is 1. The van der Waals surface area contributed by atoms with Crippen molar-refractivity contribution in [3.8, 4) is 11.4 Å². The lowest BCUT2D eigenvalue weighted by Crippen LogP contribution is -2.08. The van der Waals surface area contributed by atoms with Crippen molar-refractivity contribution in [1.82, 2.24) is 24.5 Å². The standard InChI is InChI=1S/C11H15N5O3/c1-15-7-12-6-8(15)10-9(11(17)18)13-14-16(10)4-3-5-19-2/h6-7H,3-5H2,1-2H3,(H,17,18). The number of aromatic carboxylic acids is 1. The van der Waals surface area contributed by atoms with Crippen LogP contribution in [0.4, 0.5) is 0 Å². The quantitative estimate of drug-likeness (QED) is 0.760. The molecular formula is C11H15N5O3. The van der Waals surface area contributed by atoms with Gasteiger partial charge in [0, 0.05) is 27.3 Å². The monoisotopic (exact) mass is 265 g/mol. The molecule has 8 heteroatoms. The summed E-state index contributed by atoms with van der Waals surface area (Å²) in [7, 11) is 3.41. The molecule has 2 heterocycles. The highest BCUT2D eigenvalue weighted by Crippen LogP contribution is 2.21. The number of rotatable bonds is 6. The number of hydrogen-bond acceptors (Lipinski definition) is 5. The topological polar surface area (TPSA) is 95.1 Å². The molecule has 2 aromatic rings. The number of nitrogens with zero attached hydrogens (tertiary/aromatic N) is 5. The summed E-state index contributed by atoms with van der Waals surface area (Å²) in [5.41, 5.74) is 1.06. The van der Waals surface area contributed by atoms with Gasteiger partial charge in [-0.2, -0.15) is 0 Å². The summed E-state index contributed by atoms with van der Waals surface area (Å²) >= 11 is 0. The Kier molecular flexibility index (Phi) is 3.91. The van der Waals surface area contributed by atoms with Crippen molar-refractivity contribution in [3.63, 3.8) is 0 Å². The minimum Gasteiger partial charge on any atom is -0.476 e. The van der Waals surface area contributed by atoms with E-state index in [2.05, 4.69) is 15.3 Å². The van der Waals surface area contributed by atoms with Gasteiger partial charge in [-0.15, -0.1) is 5.10 Å². The Morgan fingerprint density at radius 1 is 1.53 bits per heavy atom. The molecule has 0 aliphatic carbocycles. The van der Waals surface area contributed by atoms with Crippen LogP contribution >= 0.6 is 0 Å². The van der Waals surface area contributed by atoms with Crippen LogP contribution in [0.3, 0.4) is 0 Å². The number of aromatic nitrogens is 5. The molecule has 0 fully saturated rings. The normalized spacial score (nSPS) is 10.8. The van der Waals surface area contributed by atoms with Crippen LogP contribution in [0.2, 0.25) is 0 Å². The molecule has 0 saturated heterocycles. The zero-order chi connectivity index (χ0) is 13.8. The molecule has 8 nitrogen and oxygen atoms in total. The Morgan fingerprint density at radius 3 is 2.89 bits per heavy atom. The van der Waals surface area contributed by atoms with Crippen molar-refractivity contribution in [2.24, 2.45) is 7.05 Å². The smallest absolute Gasteiger partial charge is 0.358 e. The van der Waals surface area contributed by atoms with E-state index in [4.69, 9.17) is 4.74 Å². The second kappa shape index (κ2) is 5.61. The minimum absolute atomic E-state index is 0.0685. The van der Waals surface area contributed by atoms with Gasteiger partial charge in [-0.1, -0.05) is 5.21 Å². The second-order valence-electron chi connectivity index (χ2n) is 4.05. The summed E-state index contributed by atoms with van der Waals surface area (Å²) in [6.07, 6.45) is 3.93. The number of methoxy groups -OCH3 is 1. The van der Waals surface area contributed by atoms with E-state index in [1.54, 1.807) is 35.9 Å². The van der Waals surface area contributed by atoms with E-state index in [1.165, 1.54) is 0 Å². The van der Waals surface area contributed by atoms with E-state index >= 15 is 0 Å². The zero-order valence-electron chi connectivity index (χ0n) is 10.8. The summed E-state index contributed by atoms with van der Waals surface area (Å²) in [6.45, 7) is 1.11. The van der Waals surface area contributed by atoms with Crippen LogP contribution in [0.15, 0.2) is 12.5 Å². The third-order valence-corrected chi connectivity index (χ3v) is 2.72. The van der Waals surface area contributed by atoms with Gasteiger partial charge in [0.15, 0.2) is 5.69 Å². The molecule has 19 heavy (non-hydrogen) atoms. The van der Waals surface area contributed by atoms with Crippen LogP contribution in [0, 0.1) is 0 Å². The van der Waals surface area contributed by atoms with Crippen LogP contribution in [-0.2, 0) is 18.3 Å². The Bertz CT molecular complexity index is 575. The molecule has 0 aliphatic heterocycles. The molecule has 0 aromatic carbocycles. The largest absolute Gasteiger partial charge is 0.476 e. The molecule has 0 unspecified atom stereocenters. The van der Waals surface area contributed by atoms with E-state index in [9.17, 15) is 9.90 Å². The van der Waals surface area contributed by atoms with Crippen molar-refractivity contribution in [2.45, 2.75) is 13.0 Å². The third kappa shape index (κ3) is 2.63. The number of ether oxygens (including phenoxy) is 1. The van der Waals surface area contributed by atoms with E-state index in [0.717, 1.165) is 6.42 Å². The summed E-state index contributed by atoms with van der Waals surface area (Å²) < 4.78 is 8.28. The van der Waals surface area contributed by atoms with E-state index < -0.39 is 5.97 Å². The van der Waals surface area contributed by atoms with Gasteiger partial charge in [0.25, 0.3) is 0 Å². The second-order valence-corrected chi connectivity index (χ2v) is 4.05. The van der Waals surface area contributed by atoms with Crippen LogP contribution in [0.25, 0.3) is 11.4 Å².